The van der Waals surface area contributed by atoms with Crippen LogP contribution in [0.1, 0.15) is 13.3 Å². The van der Waals surface area contributed by atoms with E-state index in [0.717, 1.165) is 0 Å². The Labute approximate surface area is 79.0 Å². The van der Waals surface area contributed by atoms with Crippen molar-refractivity contribution in [1.29, 1.82) is 0 Å². The predicted octanol–water partition coefficient (Wildman–Crippen LogP) is 0.0468. The average molecular weight is 204 g/mol. The maximum Gasteiger partial charge on any atom is 0.278 e. The third-order valence-corrected chi connectivity index (χ3v) is 0.522. The molecular formula is C5H7O3Y-. The second-order valence-electron chi connectivity index (χ2n) is 1.13. The number of rotatable bonds is 3. The van der Waals surface area contributed by atoms with Crippen LogP contribution in [0.15, 0.2) is 0 Å². The van der Waals surface area contributed by atoms with Gasteiger partial charge in [-0.2, -0.15) is 0 Å². The first-order valence-electron chi connectivity index (χ1n) is 2.32. The molecule has 49 valence electrons. The standard InChI is InChI=1S/C5H7O3.Y/c1-2-8-5(7)3-4-6;/h2-3H2,1H3;/q-1;. The molecule has 0 amide bonds. The Kier molecular flexibility index (Phi) is 11.0. The first-order valence-corrected chi connectivity index (χ1v) is 2.32. The van der Waals surface area contributed by atoms with Gasteiger partial charge in [-0.3, -0.25) is 11.1 Å². The molecule has 3 nitrogen and oxygen atoms in total. The second-order valence-corrected chi connectivity index (χ2v) is 1.13. The van der Waals surface area contributed by atoms with Gasteiger partial charge in [0.1, 0.15) is 0 Å². The molecule has 0 saturated heterocycles. The van der Waals surface area contributed by atoms with E-state index in [9.17, 15) is 9.59 Å². The van der Waals surface area contributed by atoms with Crippen molar-refractivity contribution < 1.29 is 47.0 Å². The number of hydrogen-bond donors (Lipinski definition) is 0. The van der Waals surface area contributed by atoms with Crippen molar-refractivity contribution in [3.63, 3.8) is 0 Å². The monoisotopic (exact) mass is 204 g/mol. The Hall–Kier alpha value is 0.244. The molecular weight excluding hydrogens is 197 g/mol. The molecule has 0 aromatic carbocycles. The number of hydrogen-bond acceptors (Lipinski definition) is 3. The van der Waals surface area contributed by atoms with Crippen molar-refractivity contribution in [1.82, 2.24) is 0 Å². The van der Waals surface area contributed by atoms with Crippen LogP contribution in [0.2, 0.25) is 0 Å². The van der Waals surface area contributed by atoms with Crippen molar-refractivity contribution in [2.45, 2.75) is 13.3 Å². The van der Waals surface area contributed by atoms with Crippen LogP contribution in [0.25, 0.3) is 0 Å². The summed E-state index contributed by atoms with van der Waals surface area (Å²) in [5.41, 5.74) is 0. The van der Waals surface area contributed by atoms with Crippen LogP contribution in [-0.2, 0) is 47.0 Å². The summed E-state index contributed by atoms with van der Waals surface area (Å²) in [7, 11) is 0. The maximum atomic E-state index is 10.2. The van der Waals surface area contributed by atoms with Crippen molar-refractivity contribution >= 4 is 12.3 Å². The smallest absolute Gasteiger partial charge is 0.278 e. The van der Waals surface area contributed by atoms with E-state index in [1.165, 1.54) is 6.29 Å². The van der Waals surface area contributed by atoms with Crippen LogP contribution in [0, 0.1) is 0 Å². The van der Waals surface area contributed by atoms with Crippen molar-refractivity contribution in [3.05, 3.63) is 0 Å². The Morgan fingerprint density at radius 2 is 2.22 bits per heavy atom. The van der Waals surface area contributed by atoms with Gasteiger partial charge in [-0.05, 0) is 6.92 Å². The van der Waals surface area contributed by atoms with Gasteiger partial charge in [0.25, 0.3) is 5.97 Å². The number of esters is 1. The molecule has 9 heavy (non-hydrogen) atoms. The minimum atomic E-state index is -0.512. The fourth-order valence-corrected chi connectivity index (χ4v) is 0.271. The van der Waals surface area contributed by atoms with Crippen molar-refractivity contribution in [2.75, 3.05) is 6.61 Å². The van der Waals surface area contributed by atoms with Gasteiger partial charge in [-0.15, -0.1) is 0 Å². The topological polar surface area (TPSA) is 43.4 Å². The second kappa shape index (κ2) is 8.24. The zero-order valence-electron chi connectivity index (χ0n) is 5.22. The van der Waals surface area contributed by atoms with E-state index >= 15 is 0 Å². The van der Waals surface area contributed by atoms with Crippen LogP contribution in [0.3, 0.4) is 0 Å². The predicted molar refractivity (Wildman–Crippen MR) is 26.9 cm³/mol. The zero-order valence-corrected chi connectivity index (χ0v) is 8.05. The maximum absolute atomic E-state index is 10.2. The summed E-state index contributed by atoms with van der Waals surface area (Å²) >= 11 is 0. The third-order valence-electron chi connectivity index (χ3n) is 0.522. The number of carbonyl (C=O) groups excluding carboxylic acids is 2. The van der Waals surface area contributed by atoms with Crippen molar-refractivity contribution in [3.8, 4) is 0 Å². The first kappa shape index (κ1) is 12.0. The van der Waals surface area contributed by atoms with Crippen molar-refractivity contribution in [2.24, 2.45) is 0 Å². The molecule has 0 N–H and O–H groups in total. The van der Waals surface area contributed by atoms with E-state index in [1.807, 2.05) is 0 Å². The van der Waals surface area contributed by atoms with Gasteiger partial charge in [0.2, 0.25) is 0 Å². The SMILES string of the molecule is CCOC(=O)C[C-]=O.[Y]. The first-order chi connectivity index (χ1) is 3.81. The summed E-state index contributed by atoms with van der Waals surface area (Å²) in [4.78, 5) is 19.6. The Balaban J connectivity index is 0. The molecule has 0 aliphatic carbocycles. The minimum Gasteiger partial charge on any atom is -0.541 e. The van der Waals surface area contributed by atoms with Crippen LogP contribution in [0.4, 0.5) is 0 Å². The summed E-state index contributed by atoms with van der Waals surface area (Å²) in [6.07, 6.45) is 1.17. The van der Waals surface area contributed by atoms with E-state index in [4.69, 9.17) is 0 Å². The molecule has 0 rings (SSSR count). The summed E-state index contributed by atoms with van der Waals surface area (Å²) in [5.74, 6) is -0.512. The normalized spacial score (nSPS) is 7.22. The third kappa shape index (κ3) is 8.24. The van der Waals surface area contributed by atoms with Gasteiger partial charge in [-0.25, -0.2) is 0 Å². The van der Waals surface area contributed by atoms with Gasteiger partial charge in [-0.1, -0.05) is 6.42 Å². The fraction of sp³-hybridized carbons (Fsp3) is 0.600. The van der Waals surface area contributed by atoms with Gasteiger partial charge in [0, 0.05) is 32.7 Å². The summed E-state index contributed by atoms with van der Waals surface area (Å²) in [5, 5.41) is 0. The minimum absolute atomic E-state index is 0. The molecule has 0 fully saturated rings. The van der Waals surface area contributed by atoms with Gasteiger partial charge in [0.05, 0.1) is 6.61 Å². The summed E-state index contributed by atoms with van der Waals surface area (Å²) < 4.78 is 4.38. The molecule has 0 aromatic heterocycles. The largest absolute Gasteiger partial charge is 0.541 e. The van der Waals surface area contributed by atoms with E-state index in [-0.39, 0.29) is 39.1 Å². The van der Waals surface area contributed by atoms with Gasteiger partial charge < -0.3 is 9.53 Å². The Morgan fingerprint density at radius 3 is 2.56 bits per heavy atom. The summed E-state index contributed by atoms with van der Waals surface area (Å²) in [6.45, 7) is 2.00. The molecule has 4 heteroatoms. The van der Waals surface area contributed by atoms with E-state index in [2.05, 4.69) is 4.74 Å². The molecule has 0 unspecified atom stereocenters. The molecule has 0 atom stereocenters. The van der Waals surface area contributed by atoms with Gasteiger partial charge in [0.15, 0.2) is 0 Å². The van der Waals surface area contributed by atoms with Crippen LogP contribution in [0.5, 0.6) is 0 Å². The molecule has 0 saturated carbocycles. The number of carbonyl (C=O) groups is 1. The molecule has 0 aromatic rings. The van der Waals surface area contributed by atoms with Crippen LogP contribution >= 0.6 is 0 Å². The Bertz CT molecular complexity index is 92.2. The van der Waals surface area contributed by atoms with Gasteiger partial charge >= 0.3 is 0 Å². The van der Waals surface area contributed by atoms with Crippen LogP contribution < -0.4 is 0 Å². The quantitative estimate of drug-likeness (QED) is 0.370. The molecule has 0 spiro atoms. The molecule has 0 heterocycles. The molecule has 0 aliphatic rings. The Morgan fingerprint density at radius 1 is 1.67 bits per heavy atom. The fourth-order valence-electron chi connectivity index (χ4n) is 0.271. The average Bonchev–Trinajstić information content (AvgIpc) is 1.68. The summed E-state index contributed by atoms with van der Waals surface area (Å²) in [6, 6.07) is 0. The van der Waals surface area contributed by atoms with E-state index < -0.39 is 5.97 Å². The zero-order chi connectivity index (χ0) is 6.41. The van der Waals surface area contributed by atoms with E-state index in [0.29, 0.717) is 6.61 Å². The van der Waals surface area contributed by atoms with E-state index in [1.54, 1.807) is 6.92 Å². The van der Waals surface area contributed by atoms with Crippen LogP contribution in [-0.4, -0.2) is 18.9 Å². The molecule has 0 bridgehead atoms. The molecule has 0 aliphatic heterocycles. The molecule has 1 radical (unpaired) electrons. The number of ether oxygens (including phenoxy) is 1.